The number of likely N-dealkylation sites (tertiary alicyclic amines) is 1. The number of alkyl carbamates (subject to hydrolysis) is 1. The van der Waals surface area contributed by atoms with Crippen LogP contribution in [-0.2, 0) is 19.1 Å². The van der Waals surface area contributed by atoms with Crippen LogP contribution in [0.3, 0.4) is 0 Å². The van der Waals surface area contributed by atoms with Crippen molar-refractivity contribution in [3.63, 3.8) is 0 Å². The zero-order valence-corrected chi connectivity index (χ0v) is 14.7. The van der Waals surface area contributed by atoms with Crippen molar-refractivity contribution in [3.8, 4) is 0 Å². The van der Waals surface area contributed by atoms with Crippen LogP contribution >= 0.6 is 0 Å². The van der Waals surface area contributed by atoms with Gasteiger partial charge in [-0.3, -0.25) is 14.5 Å². The van der Waals surface area contributed by atoms with Crippen molar-refractivity contribution in [1.82, 2.24) is 10.2 Å². The summed E-state index contributed by atoms with van der Waals surface area (Å²) in [6.45, 7) is 5.34. The first-order valence-corrected chi connectivity index (χ1v) is 8.36. The topological polar surface area (TPSA) is 113 Å². The van der Waals surface area contributed by atoms with Crippen LogP contribution in [0.4, 0.5) is 4.79 Å². The van der Waals surface area contributed by atoms with Crippen LogP contribution in [0.1, 0.15) is 40.0 Å². The molecule has 0 aromatic carbocycles. The Hall–Kier alpha value is -2.38. The van der Waals surface area contributed by atoms with Gasteiger partial charge in [-0.25, -0.2) is 9.59 Å². The maximum atomic E-state index is 12.0. The van der Waals surface area contributed by atoms with Gasteiger partial charge in [0, 0.05) is 6.54 Å². The average Bonchev–Trinajstić information content (AvgIpc) is 2.56. The average molecular weight is 352 g/mol. The highest BCUT2D eigenvalue weighted by molar-refractivity contribution is 6.08. The Bertz CT molecular complexity index is 583. The van der Waals surface area contributed by atoms with E-state index in [2.05, 4.69) is 5.32 Å². The Balaban J connectivity index is 1.75. The Labute approximate surface area is 146 Å². The number of nitrogens with one attached hydrogen (secondary N) is 1. The number of hydrogen-bond donors (Lipinski definition) is 2. The fourth-order valence-corrected chi connectivity index (χ4v) is 2.82. The van der Waals surface area contributed by atoms with Crippen LogP contribution in [0.25, 0.3) is 0 Å². The molecule has 1 heterocycles. The standard InChI is InChI=1S/C17H24N2O6/c1-17(2,3)25-16(24)18-12(15(22)23)6-4-5-9-19-13(20)10-7-8-11(10)14(19)21/h7-8,10-12H,4-6,9H2,1-3H3,(H,18,24)(H,22,23). The Morgan fingerprint density at radius 1 is 1.20 bits per heavy atom. The summed E-state index contributed by atoms with van der Waals surface area (Å²) in [5, 5.41) is 11.5. The number of fused-ring (bicyclic) bond motifs is 1. The van der Waals surface area contributed by atoms with Gasteiger partial charge < -0.3 is 15.2 Å². The predicted octanol–water partition coefficient (Wildman–Crippen LogP) is 1.31. The normalized spacial score (nSPS) is 23.1. The van der Waals surface area contributed by atoms with Crippen molar-refractivity contribution in [3.05, 3.63) is 12.2 Å². The lowest BCUT2D eigenvalue weighted by molar-refractivity contribution is -0.141. The molecule has 3 atom stereocenters. The second-order valence-electron chi connectivity index (χ2n) is 7.30. The molecule has 3 unspecified atom stereocenters. The molecule has 3 amide bonds. The predicted molar refractivity (Wildman–Crippen MR) is 87.5 cm³/mol. The summed E-state index contributed by atoms with van der Waals surface area (Å²) in [4.78, 5) is 48.1. The van der Waals surface area contributed by atoms with Crippen molar-refractivity contribution >= 4 is 23.9 Å². The minimum Gasteiger partial charge on any atom is -0.480 e. The molecule has 2 aliphatic rings. The largest absolute Gasteiger partial charge is 0.480 e. The van der Waals surface area contributed by atoms with Gasteiger partial charge in [0.2, 0.25) is 11.8 Å². The highest BCUT2D eigenvalue weighted by Crippen LogP contribution is 2.35. The number of nitrogens with zero attached hydrogens (tertiary/aromatic N) is 1. The van der Waals surface area contributed by atoms with E-state index in [0.29, 0.717) is 12.8 Å². The van der Waals surface area contributed by atoms with Crippen LogP contribution in [0, 0.1) is 11.8 Å². The molecule has 2 N–H and O–H groups in total. The van der Waals surface area contributed by atoms with Gasteiger partial charge in [-0.15, -0.1) is 0 Å². The van der Waals surface area contributed by atoms with Gasteiger partial charge in [0.05, 0.1) is 11.8 Å². The van der Waals surface area contributed by atoms with E-state index in [4.69, 9.17) is 4.74 Å². The smallest absolute Gasteiger partial charge is 0.408 e. The minimum atomic E-state index is -1.15. The summed E-state index contributed by atoms with van der Waals surface area (Å²) in [6.07, 6.45) is 3.80. The molecular weight excluding hydrogens is 328 g/mol. The number of amides is 3. The van der Waals surface area contributed by atoms with Crippen molar-refractivity contribution in [2.24, 2.45) is 11.8 Å². The minimum absolute atomic E-state index is 0.181. The molecule has 1 saturated heterocycles. The molecule has 25 heavy (non-hydrogen) atoms. The molecule has 8 heteroatoms. The van der Waals surface area contributed by atoms with Gasteiger partial charge in [0.25, 0.3) is 0 Å². The Kier molecular flexibility index (Phi) is 5.49. The second-order valence-corrected chi connectivity index (χ2v) is 7.30. The van der Waals surface area contributed by atoms with Crippen molar-refractivity contribution in [2.75, 3.05) is 6.54 Å². The fraction of sp³-hybridized carbons (Fsp3) is 0.647. The summed E-state index contributed by atoms with van der Waals surface area (Å²) >= 11 is 0. The summed E-state index contributed by atoms with van der Waals surface area (Å²) in [6, 6.07) is -1.07. The first kappa shape index (κ1) is 19.0. The third-order valence-electron chi connectivity index (χ3n) is 4.13. The van der Waals surface area contributed by atoms with Gasteiger partial charge in [0.15, 0.2) is 0 Å². The molecular formula is C17H24N2O6. The number of carboxylic acid groups (broad SMARTS) is 1. The van der Waals surface area contributed by atoms with Gasteiger partial charge in [-0.2, -0.15) is 0 Å². The summed E-state index contributed by atoms with van der Waals surface area (Å²) in [7, 11) is 0. The van der Waals surface area contributed by atoms with Crippen LogP contribution < -0.4 is 5.32 Å². The molecule has 1 aliphatic carbocycles. The molecule has 1 aliphatic heterocycles. The Morgan fingerprint density at radius 2 is 1.76 bits per heavy atom. The molecule has 0 spiro atoms. The van der Waals surface area contributed by atoms with Crippen molar-refractivity contribution in [2.45, 2.75) is 51.7 Å². The molecule has 8 nitrogen and oxygen atoms in total. The lowest BCUT2D eigenvalue weighted by Gasteiger charge is -2.22. The zero-order chi connectivity index (χ0) is 18.8. The molecule has 0 aromatic rings. The van der Waals surface area contributed by atoms with Gasteiger partial charge in [0.1, 0.15) is 11.6 Å². The lowest BCUT2D eigenvalue weighted by Crippen LogP contribution is -2.43. The maximum Gasteiger partial charge on any atom is 0.408 e. The third kappa shape index (κ3) is 4.58. The van der Waals surface area contributed by atoms with E-state index >= 15 is 0 Å². The van der Waals surface area contributed by atoms with Crippen LogP contribution in [0.2, 0.25) is 0 Å². The number of rotatable bonds is 7. The number of unbranched alkanes of at least 4 members (excludes halogenated alkanes) is 1. The summed E-state index contributed by atoms with van der Waals surface area (Å²) in [5.74, 6) is -2.14. The van der Waals surface area contributed by atoms with E-state index in [-0.39, 0.29) is 36.6 Å². The van der Waals surface area contributed by atoms with E-state index in [1.807, 2.05) is 0 Å². The van der Waals surface area contributed by atoms with Gasteiger partial charge in [-0.1, -0.05) is 12.2 Å². The van der Waals surface area contributed by atoms with Crippen LogP contribution in [0.5, 0.6) is 0 Å². The van der Waals surface area contributed by atoms with E-state index < -0.39 is 23.7 Å². The summed E-state index contributed by atoms with van der Waals surface area (Å²) < 4.78 is 5.05. The molecule has 138 valence electrons. The number of aliphatic carboxylic acids is 1. The molecule has 0 bridgehead atoms. The van der Waals surface area contributed by atoms with Crippen molar-refractivity contribution < 1.29 is 29.0 Å². The van der Waals surface area contributed by atoms with Crippen molar-refractivity contribution in [1.29, 1.82) is 0 Å². The quantitative estimate of drug-likeness (QED) is 0.406. The number of ether oxygens (including phenoxy) is 1. The number of carboxylic acids is 1. The van der Waals surface area contributed by atoms with Gasteiger partial charge in [-0.05, 0) is 40.0 Å². The van der Waals surface area contributed by atoms with Crippen LogP contribution in [0.15, 0.2) is 12.2 Å². The molecule has 2 rings (SSSR count). The number of hydrogen-bond acceptors (Lipinski definition) is 5. The number of carbonyl (C=O) groups is 4. The highest BCUT2D eigenvalue weighted by atomic mass is 16.6. The fourth-order valence-electron chi connectivity index (χ4n) is 2.82. The highest BCUT2D eigenvalue weighted by Gasteiger charge is 2.48. The molecule has 0 radical (unpaired) electrons. The Morgan fingerprint density at radius 3 is 2.20 bits per heavy atom. The SMILES string of the molecule is CC(C)(C)OC(=O)NC(CCCCN1C(=O)C2C=CC2C1=O)C(=O)O. The van der Waals surface area contributed by atoms with Crippen LogP contribution in [-0.4, -0.2) is 52.1 Å². The van der Waals surface area contributed by atoms with E-state index in [9.17, 15) is 24.3 Å². The monoisotopic (exact) mass is 352 g/mol. The first-order chi connectivity index (χ1) is 11.6. The number of imide groups is 1. The maximum absolute atomic E-state index is 12.0. The lowest BCUT2D eigenvalue weighted by atomic mass is 9.85. The van der Waals surface area contributed by atoms with E-state index in [1.165, 1.54) is 4.90 Å². The molecule has 0 aromatic heterocycles. The molecule has 1 fully saturated rings. The number of carbonyl (C=O) groups excluding carboxylic acids is 3. The van der Waals surface area contributed by atoms with E-state index in [0.717, 1.165) is 0 Å². The summed E-state index contributed by atoms with van der Waals surface area (Å²) in [5.41, 5.74) is -0.711. The van der Waals surface area contributed by atoms with E-state index in [1.54, 1.807) is 32.9 Å². The molecule has 0 saturated carbocycles. The van der Waals surface area contributed by atoms with Gasteiger partial charge >= 0.3 is 12.1 Å². The first-order valence-electron chi connectivity index (χ1n) is 8.36. The third-order valence-corrected chi connectivity index (χ3v) is 4.13. The zero-order valence-electron chi connectivity index (χ0n) is 14.7. The second kappa shape index (κ2) is 7.25.